The van der Waals surface area contributed by atoms with Crippen molar-refractivity contribution in [2.24, 2.45) is 5.92 Å². The summed E-state index contributed by atoms with van der Waals surface area (Å²) >= 11 is -1.32. The van der Waals surface area contributed by atoms with Gasteiger partial charge in [-0.2, -0.15) is 48.3 Å². The third-order valence-corrected chi connectivity index (χ3v) is 6.17. The van der Waals surface area contributed by atoms with E-state index in [0.29, 0.717) is 0 Å². The standard InChI is InChI=1S/C8H5F11S2/c9-5(10,11)3(6(12,13)14)4(20-1-2-21-4)7(15,16)8(17,18)19/h3H,1-2H2. The van der Waals surface area contributed by atoms with E-state index in [1.807, 2.05) is 0 Å². The van der Waals surface area contributed by atoms with Crippen molar-refractivity contribution < 1.29 is 48.3 Å². The Morgan fingerprint density at radius 1 is 0.667 bits per heavy atom. The van der Waals surface area contributed by atoms with E-state index in [4.69, 9.17) is 0 Å². The first-order valence-electron chi connectivity index (χ1n) is 4.93. The fourth-order valence-corrected chi connectivity index (χ4v) is 5.34. The average Bonchev–Trinajstić information content (AvgIpc) is 2.61. The van der Waals surface area contributed by atoms with Gasteiger partial charge in [0.1, 0.15) is 0 Å². The van der Waals surface area contributed by atoms with Crippen molar-refractivity contribution in [2.45, 2.75) is 28.5 Å². The molecule has 1 saturated heterocycles. The summed E-state index contributed by atoms with van der Waals surface area (Å²) < 4.78 is 135. The fourth-order valence-electron chi connectivity index (χ4n) is 1.77. The summed E-state index contributed by atoms with van der Waals surface area (Å²) in [6.45, 7) is 0. The second-order valence-electron chi connectivity index (χ2n) is 3.95. The molecule has 0 nitrogen and oxygen atoms in total. The smallest absolute Gasteiger partial charge is 0.194 e. The molecule has 1 aliphatic rings. The highest BCUT2D eigenvalue weighted by Crippen LogP contribution is 2.67. The predicted octanol–water partition coefficient (Wildman–Crippen LogP) is 5.10. The van der Waals surface area contributed by atoms with Crippen LogP contribution in [0.4, 0.5) is 48.3 Å². The van der Waals surface area contributed by atoms with Crippen LogP contribution >= 0.6 is 23.5 Å². The molecule has 0 amide bonds. The third kappa shape index (κ3) is 3.17. The lowest BCUT2D eigenvalue weighted by molar-refractivity contribution is -0.335. The van der Waals surface area contributed by atoms with Crippen molar-refractivity contribution in [1.82, 2.24) is 0 Å². The van der Waals surface area contributed by atoms with E-state index in [9.17, 15) is 48.3 Å². The highest BCUT2D eigenvalue weighted by molar-refractivity contribution is 8.21. The Labute approximate surface area is 118 Å². The molecular formula is C8H5F11S2. The van der Waals surface area contributed by atoms with Gasteiger partial charge in [-0.15, -0.1) is 23.5 Å². The molecule has 0 radical (unpaired) electrons. The van der Waals surface area contributed by atoms with E-state index >= 15 is 0 Å². The maximum Gasteiger partial charge on any atom is 0.455 e. The zero-order chi connectivity index (χ0) is 16.9. The summed E-state index contributed by atoms with van der Waals surface area (Å²) in [7, 11) is 0. The number of thioether (sulfide) groups is 2. The molecule has 126 valence electrons. The van der Waals surface area contributed by atoms with Crippen LogP contribution in [0.25, 0.3) is 0 Å². The van der Waals surface area contributed by atoms with Gasteiger partial charge in [-0.3, -0.25) is 0 Å². The first-order valence-corrected chi connectivity index (χ1v) is 6.90. The maximum atomic E-state index is 13.4. The van der Waals surface area contributed by atoms with Crippen LogP contribution in [0.3, 0.4) is 0 Å². The van der Waals surface area contributed by atoms with Crippen LogP contribution in [-0.4, -0.2) is 40.0 Å². The Kier molecular flexibility index (Phi) is 4.73. The molecule has 0 aliphatic carbocycles. The molecule has 0 aromatic carbocycles. The van der Waals surface area contributed by atoms with Crippen molar-refractivity contribution in [3.05, 3.63) is 0 Å². The molecule has 0 N–H and O–H groups in total. The highest BCUT2D eigenvalue weighted by Gasteiger charge is 2.82. The van der Waals surface area contributed by atoms with Crippen LogP contribution in [0.5, 0.6) is 0 Å². The van der Waals surface area contributed by atoms with Crippen molar-refractivity contribution in [3.63, 3.8) is 0 Å². The quantitative estimate of drug-likeness (QED) is 0.617. The van der Waals surface area contributed by atoms with Gasteiger partial charge in [-0.05, 0) is 0 Å². The second-order valence-corrected chi connectivity index (χ2v) is 6.89. The third-order valence-electron chi connectivity index (χ3n) is 2.54. The molecule has 0 spiro atoms. The van der Waals surface area contributed by atoms with E-state index in [-0.39, 0.29) is 0 Å². The van der Waals surface area contributed by atoms with Gasteiger partial charge >= 0.3 is 24.5 Å². The van der Waals surface area contributed by atoms with Gasteiger partial charge in [-0.1, -0.05) is 0 Å². The van der Waals surface area contributed by atoms with Crippen molar-refractivity contribution in [2.75, 3.05) is 11.5 Å². The molecule has 0 bridgehead atoms. The van der Waals surface area contributed by atoms with Crippen LogP contribution in [0.2, 0.25) is 0 Å². The number of halogens is 11. The first kappa shape index (κ1) is 19.0. The molecule has 0 unspecified atom stereocenters. The van der Waals surface area contributed by atoms with Gasteiger partial charge in [-0.25, -0.2) is 0 Å². The summed E-state index contributed by atoms with van der Waals surface area (Å²) in [6, 6.07) is 0. The van der Waals surface area contributed by atoms with Gasteiger partial charge in [0, 0.05) is 11.5 Å². The Bertz CT molecular complexity index is 359. The minimum atomic E-state index is -6.54. The molecular weight excluding hydrogens is 369 g/mol. The normalized spacial score (nSPS) is 21.1. The average molecular weight is 374 g/mol. The molecule has 1 aliphatic heterocycles. The van der Waals surface area contributed by atoms with Gasteiger partial charge in [0.05, 0.1) is 0 Å². The lowest BCUT2D eigenvalue weighted by atomic mass is 9.97. The van der Waals surface area contributed by atoms with Crippen LogP contribution in [-0.2, 0) is 0 Å². The van der Waals surface area contributed by atoms with Crippen LogP contribution in [0, 0.1) is 5.92 Å². The van der Waals surface area contributed by atoms with E-state index < -0.39 is 69.5 Å². The van der Waals surface area contributed by atoms with Gasteiger partial charge in [0.15, 0.2) is 10.00 Å². The van der Waals surface area contributed by atoms with E-state index in [1.54, 1.807) is 0 Å². The van der Waals surface area contributed by atoms with Gasteiger partial charge in [0.2, 0.25) is 0 Å². The maximum absolute atomic E-state index is 13.4. The van der Waals surface area contributed by atoms with Crippen molar-refractivity contribution >= 4 is 23.5 Å². The molecule has 21 heavy (non-hydrogen) atoms. The number of rotatable bonds is 2. The molecule has 1 rings (SSSR count). The summed E-state index contributed by atoms with van der Waals surface area (Å²) in [5, 5.41) is 0. The first-order chi connectivity index (χ1) is 9.07. The second kappa shape index (κ2) is 5.24. The predicted molar refractivity (Wildman–Crippen MR) is 54.2 cm³/mol. The van der Waals surface area contributed by atoms with Crippen molar-refractivity contribution in [3.8, 4) is 0 Å². The molecule has 0 saturated carbocycles. The number of alkyl halides is 11. The molecule has 0 aromatic rings. The lowest BCUT2D eigenvalue weighted by Gasteiger charge is -2.43. The van der Waals surface area contributed by atoms with Crippen LogP contribution in [0.1, 0.15) is 0 Å². The zero-order valence-electron chi connectivity index (χ0n) is 9.47. The summed E-state index contributed by atoms with van der Waals surface area (Å²) in [5.41, 5.74) is 0. The minimum Gasteiger partial charge on any atom is -0.194 e. The highest BCUT2D eigenvalue weighted by atomic mass is 32.2. The largest absolute Gasteiger partial charge is 0.455 e. The summed E-state index contributed by atoms with van der Waals surface area (Å²) in [6.07, 6.45) is -19.1. The molecule has 0 atom stereocenters. The molecule has 13 heteroatoms. The minimum absolute atomic E-state index is 0.662. The fraction of sp³-hybridized carbons (Fsp3) is 1.00. The number of hydrogen-bond acceptors (Lipinski definition) is 2. The summed E-state index contributed by atoms with van der Waals surface area (Å²) in [5.74, 6) is -12.3. The Morgan fingerprint density at radius 2 is 1.00 bits per heavy atom. The lowest BCUT2D eigenvalue weighted by Crippen LogP contribution is -2.62. The summed E-state index contributed by atoms with van der Waals surface area (Å²) in [4.78, 5) is 0. The van der Waals surface area contributed by atoms with E-state index in [1.165, 1.54) is 0 Å². The Balaban J connectivity index is 3.53. The van der Waals surface area contributed by atoms with Crippen LogP contribution < -0.4 is 0 Å². The molecule has 0 aromatic heterocycles. The van der Waals surface area contributed by atoms with E-state index in [2.05, 4.69) is 0 Å². The van der Waals surface area contributed by atoms with Crippen molar-refractivity contribution in [1.29, 1.82) is 0 Å². The monoisotopic (exact) mass is 374 g/mol. The number of hydrogen-bond donors (Lipinski definition) is 0. The van der Waals surface area contributed by atoms with E-state index in [0.717, 1.165) is 0 Å². The van der Waals surface area contributed by atoms with Crippen LogP contribution in [0.15, 0.2) is 0 Å². The zero-order valence-corrected chi connectivity index (χ0v) is 11.1. The van der Waals surface area contributed by atoms with Gasteiger partial charge < -0.3 is 0 Å². The molecule has 1 heterocycles. The van der Waals surface area contributed by atoms with Gasteiger partial charge in [0.25, 0.3) is 0 Å². The topological polar surface area (TPSA) is 0 Å². The molecule has 1 fully saturated rings. The Hall–Kier alpha value is -0.0700. The Morgan fingerprint density at radius 3 is 1.24 bits per heavy atom. The SMILES string of the molecule is FC(F)(F)C(C(F)(F)F)C1(C(F)(F)C(F)(F)F)SCCS1.